The van der Waals surface area contributed by atoms with E-state index in [1.54, 1.807) is 100 Å². The Bertz CT molecular complexity index is 3010. The lowest BCUT2D eigenvalue weighted by Crippen LogP contribution is -2.21. The Kier molecular flexibility index (Phi) is 34.8. The molecule has 0 bridgehead atoms. The molecule has 480 valence electrons. The molecule has 29 nitrogen and oxygen atoms in total. The van der Waals surface area contributed by atoms with Crippen molar-refractivity contribution < 1.29 is 55.8 Å². The molecule has 0 amide bonds. The fourth-order valence-corrected chi connectivity index (χ4v) is 6.29. The van der Waals surface area contributed by atoms with Crippen LogP contribution in [0.3, 0.4) is 0 Å². The number of hydrogen-bond donors (Lipinski definition) is 0. The van der Waals surface area contributed by atoms with Crippen molar-refractivity contribution in [1.29, 1.82) is 0 Å². The Hall–Kier alpha value is -9.49. The number of rotatable bonds is 12. The van der Waals surface area contributed by atoms with E-state index < -0.39 is 12.8 Å². The van der Waals surface area contributed by atoms with Gasteiger partial charge in [-0.05, 0) is 103 Å². The first kappa shape index (κ1) is 76.5. The number of hydrogen-bond acceptors (Lipinski definition) is 29. The number of alkyl halides is 3. The summed E-state index contributed by atoms with van der Waals surface area (Å²) < 4.78 is 79.3. The maximum atomic E-state index is 11.9. The summed E-state index contributed by atoms with van der Waals surface area (Å²) in [6, 6.07) is 9.39. The van der Waals surface area contributed by atoms with Gasteiger partial charge < -0.3 is 47.5 Å². The van der Waals surface area contributed by atoms with Crippen LogP contribution in [0.1, 0.15) is 82.1 Å². The second-order valence-corrected chi connectivity index (χ2v) is 17.8. The first-order valence-electron chi connectivity index (χ1n) is 26.1. The molecule has 0 aromatic carbocycles. The molecule has 0 unspecified atom stereocenters. The first-order valence-corrected chi connectivity index (χ1v) is 26.5. The van der Waals surface area contributed by atoms with Crippen molar-refractivity contribution in [2.45, 2.75) is 103 Å². The molecular weight excluding hydrogens is 1180 g/mol. The molecule has 0 spiro atoms. The molecule has 0 radical (unpaired) electrons. The minimum Gasteiger partial charge on any atom is -0.481 e. The molecule has 0 N–H and O–H groups in total. The smallest absolute Gasteiger partial charge is 0.422 e. The van der Waals surface area contributed by atoms with Crippen molar-refractivity contribution in [3.63, 3.8) is 0 Å². The Morgan fingerprint density at radius 2 is 0.659 bits per heavy atom. The summed E-state index contributed by atoms with van der Waals surface area (Å²) in [4.78, 5) is 76.5. The van der Waals surface area contributed by atoms with Crippen molar-refractivity contribution >= 4 is 17.5 Å². The van der Waals surface area contributed by atoms with Crippen LogP contribution in [0.4, 0.5) is 19.1 Å². The van der Waals surface area contributed by atoms with E-state index in [-0.39, 0.29) is 24.0 Å². The normalized spacial score (nSPS) is 9.85. The zero-order chi connectivity index (χ0) is 66.7. The molecule has 8 rings (SSSR count). The highest BCUT2D eigenvalue weighted by Crippen LogP contribution is 2.18. The van der Waals surface area contributed by atoms with Gasteiger partial charge in [-0.2, -0.15) is 73.0 Å². The van der Waals surface area contributed by atoms with Crippen molar-refractivity contribution in [1.82, 2.24) is 94.7 Å². The topological polar surface area (TPSA) is 331 Å². The van der Waals surface area contributed by atoms with Gasteiger partial charge in [-0.15, -0.1) is 4.98 Å². The summed E-state index contributed by atoms with van der Waals surface area (Å²) in [5.74, 6) is 8.95. The molecule has 0 aliphatic rings. The quantitative estimate of drug-likeness (QED) is 0.104. The van der Waals surface area contributed by atoms with Crippen molar-refractivity contribution in [2.24, 2.45) is 0 Å². The number of aryl methyl sites for hydroxylation is 13. The lowest BCUT2D eigenvalue weighted by Gasteiger charge is -2.12. The minimum atomic E-state index is -4.40. The molecule has 8 aromatic rings. The summed E-state index contributed by atoms with van der Waals surface area (Å²) in [6.45, 7) is 25.0. The molecular formula is C55H78ClF3N20O9. The standard InChI is InChI=1S/C8H11F3N4O.C8H12N2O.C7H10N2O2.C7H10N2O.C7H10N2.C6H7ClN2O.C6H9N3O2.C6H9N3O/c1-5-12-6(15(2)3)14-7(13-5)16-4-8(9,10)11;1-4-11-8-5-6(2)9-7(3)10-8;1-5-8-6(10-2)4-7(9-5)11-3;1-5-4-7(10-3)9-6(2)8-5;1-5-4-6(2)9-7(3)8-5;1-4-8-5(7)3-6(9-4)10-2;1-4-7-5(10-2)9-6(8-4)11-3;1-4-7-5(2)9-6(8-4)10-3/h4H2,1-3H3;5H,4H2,1-3H3;4H,1-3H3;4H,1-3H3;4H,1-3H3;3H,1-2H3;1-3H3;1-3H3. The molecule has 33 heteroatoms. The molecule has 0 aliphatic carbocycles. The van der Waals surface area contributed by atoms with E-state index >= 15 is 0 Å². The molecule has 8 aromatic heterocycles. The second kappa shape index (κ2) is 40.0. The fourth-order valence-electron chi connectivity index (χ4n) is 6.08. The van der Waals surface area contributed by atoms with Crippen molar-refractivity contribution in [2.75, 3.05) is 82.0 Å². The third-order valence-corrected chi connectivity index (χ3v) is 9.45. The number of halogens is 4. The van der Waals surface area contributed by atoms with Gasteiger partial charge in [-0.3, -0.25) is 0 Å². The zero-order valence-electron chi connectivity index (χ0n) is 53.9. The number of anilines is 1. The third kappa shape index (κ3) is 33.9. The van der Waals surface area contributed by atoms with Crippen LogP contribution in [0.2, 0.25) is 5.15 Å². The van der Waals surface area contributed by atoms with E-state index in [1.807, 2.05) is 67.5 Å². The van der Waals surface area contributed by atoms with Crippen LogP contribution in [0, 0.1) is 90.0 Å². The molecule has 0 atom stereocenters. The minimum absolute atomic E-state index is 0.254. The van der Waals surface area contributed by atoms with Crippen LogP contribution in [0.5, 0.6) is 53.4 Å². The van der Waals surface area contributed by atoms with Gasteiger partial charge in [0, 0.05) is 55.1 Å². The van der Waals surface area contributed by atoms with Crippen LogP contribution < -0.4 is 47.5 Å². The maximum absolute atomic E-state index is 11.9. The van der Waals surface area contributed by atoms with Gasteiger partial charge in [0.05, 0.1) is 62.4 Å². The average molecular weight is 1260 g/mol. The predicted octanol–water partition coefficient (Wildman–Crippen LogP) is 8.13. The lowest BCUT2D eigenvalue weighted by molar-refractivity contribution is -0.154. The van der Waals surface area contributed by atoms with Crippen molar-refractivity contribution in [3.05, 3.63) is 111 Å². The van der Waals surface area contributed by atoms with Crippen LogP contribution in [0.25, 0.3) is 0 Å². The van der Waals surface area contributed by atoms with Gasteiger partial charge in [0.15, 0.2) is 6.61 Å². The Balaban J connectivity index is 0.000000506. The van der Waals surface area contributed by atoms with Gasteiger partial charge in [0.2, 0.25) is 35.3 Å². The van der Waals surface area contributed by atoms with Crippen LogP contribution >= 0.6 is 11.6 Å². The summed E-state index contributed by atoms with van der Waals surface area (Å²) in [7, 11) is 14.1. The molecule has 0 aliphatic heterocycles. The van der Waals surface area contributed by atoms with E-state index in [0.29, 0.717) is 82.1 Å². The van der Waals surface area contributed by atoms with Gasteiger partial charge >= 0.3 is 30.2 Å². The molecule has 0 saturated heterocycles. The Morgan fingerprint density at radius 3 is 1.03 bits per heavy atom. The van der Waals surface area contributed by atoms with Crippen LogP contribution in [-0.2, 0) is 0 Å². The van der Waals surface area contributed by atoms with Gasteiger partial charge in [-0.1, -0.05) is 11.6 Å². The summed E-state index contributed by atoms with van der Waals surface area (Å²) in [5, 5.41) is 0.407. The second-order valence-electron chi connectivity index (χ2n) is 17.4. The Labute approximate surface area is 515 Å². The fraction of sp³-hybridized carbons (Fsp3) is 0.473. The highest BCUT2D eigenvalue weighted by atomic mass is 35.5. The van der Waals surface area contributed by atoms with E-state index in [1.165, 1.54) is 28.4 Å². The van der Waals surface area contributed by atoms with E-state index in [9.17, 15) is 13.2 Å². The van der Waals surface area contributed by atoms with E-state index in [0.717, 1.165) is 40.2 Å². The molecule has 8 heterocycles. The van der Waals surface area contributed by atoms with Crippen LogP contribution in [-0.4, -0.2) is 178 Å². The average Bonchev–Trinajstić information content (AvgIpc) is 3.45. The number of aromatic nitrogens is 19. The third-order valence-electron chi connectivity index (χ3n) is 9.25. The first-order chi connectivity index (χ1) is 41.4. The number of ether oxygens (including phenoxy) is 9. The van der Waals surface area contributed by atoms with E-state index in [2.05, 4.69) is 99.4 Å². The largest absolute Gasteiger partial charge is 0.481 e. The van der Waals surface area contributed by atoms with Gasteiger partial charge in [-0.25, -0.2) is 29.9 Å². The van der Waals surface area contributed by atoms with E-state index in [4.69, 9.17) is 49.5 Å². The highest BCUT2D eigenvalue weighted by Gasteiger charge is 2.29. The van der Waals surface area contributed by atoms with Gasteiger partial charge in [0.1, 0.15) is 57.6 Å². The maximum Gasteiger partial charge on any atom is 0.422 e. The molecule has 0 saturated carbocycles. The predicted molar refractivity (Wildman–Crippen MR) is 319 cm³/mol. The number of methoxy groups -OCH3 is 7. The lowest BCUT2D eigenvalue weighted by atomic mass is 10.3. The monoisotopic (exact) mass is 1250 g/mol. The Morgan fingerprint density at radius 1 is 0.341 bits per heavy atom. The summed E-state index contributed by atoms with van der Waals surface area (Å²) in [5.41, 5.74) is 3.96. The molecule has 0 fully saturated rings. The highest BCUT2D eigenvalue weighted by molar-refractivity contribution is 6.29. The van der Waals surface area contributed by atoms with Gasteiger partial charge in [0.25, 0.3) is 0 Å². The van der Waals surface area contributed by atoms with Crippen LogP contribution in [0.15, 0.2) is 30.3 Å². The van der Waals surface area contributed by atoms with Crippen molar-refractivity contribution in [3.8, 4) is 53.4 Å². The summed E-state index contributed by atoms with van der Waals surface area (Å²) >= 11 is 5.60. The number of nitrogens with zero attached hydrogens (tertiary/aromatic N) is 20. The summed E-state index contributed by atoms with van der Waals surface area (Å²) in [6.07, 6.45) is -4.40. The molecule has 88 heavy (non-hydrogen) atoms. The zero-order valence-corrected chi connectivity index (χ0v) is 54.7. The SMILES string of the molecule is CCOc1cc(C)nc(C)n1.COc1cc(C)nc(C)n1.COc1cc(Cl)nc(C)n1.COc1cc(OC)nc(C)n1.COc1nc(C)nc(C)n1.COc1nc(C)nc(OC)n1.Cc1cc(C)nc(C)n1.Cc1nc(OCC(F)(F)F)nc(N(C)C)n1.